The van der Waals surface area contributed by atoms with Gasteiger partial charge in [0.05, 0.1) is 36.1 Å². The average molecular weight is 1120 g/mol. The lowest BCUT2D eigenvalue weighted by molar-refractivity contribution is -0.171. The molecule has 0 bridgehead atoms. The summed E-state index contributed by atoms with van der Waals surface area (Å²) in [6.07, 6.45) is -0.361. The number of rotatable bonds is 18. The number of aliphatic hydroxyl groups excluding tert-OH is 1. The van der Waals surface area contributed by atoms with Crippen molar-refractivity contribution in [3.63, 3.8) is 0 Å². The molecule has 8 rings (SSSR count). The Balaban J connectivity index is 0.000000229. The summed E-state index contributed by atoms with van der Waals surface area (Å²) in [5.74, 6) is -5.31. The van der Waals surface area contributed by atoms with Crippen molar-refractivity contribution in [1.82, 2.24) is 20.4 Å². The van der Waals surface area contributed by atoms with Crippen LogP contribution in [0.1, 0.15) is 54.4 Å². The molecule has 10 atom stereocenters. The van der Waals surface area contributed by atoms with Crippen molar-refractivity contribution < 1.29 is 85.0 Å². The van der Waals surface area contributed by atoms with Gasteiger partial charge in [-0.15, -0.1) is 11.8 Å². The summed E-state index contributed by atoms with van der Waals surface area (Å²) >= 11 is 5.45. The second-order valence-corrected chi connectivity index (χ2v) is 27.2. The van der Waals surface area contributed by atoms with Crippen molar-refractivity contribution in [3.8, 4) is 11.5 Å². The van der Waals surface area contributed by atoms with E-state index in [9.17, 15) is 48.0 Å². The molecule has 0 saturated carbocycles. The van der Waals surface area contributed by atoms with Crippen LogP contribution in [-0.4, -0.2) is 132 Å². The summed E-state index contributed by atoms with van der Waals surface area (Å²) in [5, 5.41) is 15.5. The number of aliphatic hydroxyl groups is 1. The second kappa shape index (κ2) is 24.9. The third-order valence-corrected chi connectivity index (χ3v) is 16.6. The Labute approximate surface area is 445 Å². The van der Waals surface area contributed by atoms with E-state index in [0.29, 0.717) is 24.3 Å². The highest BCUT2D eigenvalue weighted by molar-refractivity contribution is 8.03. The molecule has 75 heavy (non-hydrogen) atoms. The first kappa shape index (κ1) is 58.4. The van der Waals surface area contributed by atoms with Gasteiger partial charge in [0.15, 0.2) is 14.0 Å². The van der Waals surface area contributed by atoms with Crippen LogP contribution in [0.4, 0.5) is 0 Å². The quantitative estimate of drug-likeness (QED) is 0.0389. The van der Waals surface area contributed by atoms with E-state index in [2.05, 4.69) is 28.0 Å². The van der Waals surface area contributed by atoms with Gasteiger partial charge >= 0.3 is 31.7 Å². The second-order valence-electron chi connectivity index (χ2n) is 19.3. The van der Waals surface area contributed by atoms with Crippen LogP contribution in [0.25, 0.3) is 0 Å². The molecule has 4 amide bonds. The van der Waals surface area contributed by atoms with E-state index in [0.717, 1.165) is 13.5 Å². The number of fused-ring (bicyclic) bond motifs is 2. The molecule has 22 nitrogen and oxygen atoms in total. The number of nitrogens with one attached hydrogen (secondary N) is 2. The first-order chi connectivity index (χ1) is 35.3. The number of phosphoric ester groups is 1. The Bertz CT molecular complexity index is 2570. The standard InChI is InChI=1S/C28H34NO10PSi.C17H22N2O7S.C4H7NOS/c1-18-24-23(19(2)39-41(4,5)6)27(31)29(24)25(28(32)35-17-34-20(3)30)26(18)38-40(33,36-21-13-9-7-10-14-21)37-22-15-11-8-12-16-22;1-7-13-12(8(2)20)16(23)19(13)14(17(24)26-6-25-9(3)21)15(7)27-10-4-11(22)18-5-10;6-4-1-3(7)2-5-4/h7-16,18-19,23-24H,17H2,1-6H3;7-8,10,12-13,20H,4-6H2,1-3H3,(H,18,22);3,7H,1-2H2,(H,5,6)/t18-,19-,23-,24-;7-,8-,10?,12-,13-;3-/m111/s1. The normalized spacial score (nSPS) is 25.3. The summed E-state index contributed by atoms with van der Waals surface area (Å²) in [6, 6.07) is 15.7. The number of hydrogen-bond donors (Lipinski definition) is 4. The van der Waals surface area contributed by atoms with E-state index in [4.69, 9.17) is 32.2 Å². The minimum atomic E-state index is -4.50. The number of ether oxygens (including phenoxy) is 4. The van der Waals surface area contributed by atoms with Gasteiger partial charge in [-0.1, -0.05) is 50.2 Å². The maximum absolute atomic E-state index is 14.2. The van der Waals surface area contributed by atoms with Crippen molar-refractivity contribution in [1.29, 1.82) is 0 Å². The first-order valence-corrected chi connectivity index (χ1v) is 30.4. The van der Waals surface area contributed by atoms with Crippen LogP contribution < -0.4 is 19.7 Å². The summed E-state index contributed by atoms with van der Waals surface area (Å²) in [6.45, 7) is 15.4. The third kappa shape index (κ3) is 14.4. The average Bonchev–Trinajstić information content (AvgIpc) is 4.04. The summed E-state index contributed by atoms with van der Waals surface area (Å²) < 4.78 is 57.4. The van der Waals surface area contributed by atoms with Crippen molar-refractivity contribution in [2.75, 3.05) is 26.7 Å². The summed E-state index contributed by atoms with van der Waals surface area (Å²) in [4.78, 5) is 99.0. The van der Waals surface area contributed by atoms with Crippen LogP contribution >= 0.6 is 32.2 Å². The lowest BCUT2D eigenvalue weighted by atomic mass is 9.79. The van der Waals surface area contributed by atoms with Crippen molar-refractivity contribution in [3.05, 3.63) is 82.7 Å². The van der Waals surface area contributed by atoms with E-state index >= 15 is 0 Å². The fourth-order valence-electron chi connectivity index (χ4n) is 9.22. The number of nitrogens with zero attached hydrogens (tertiary/aromatic N) is 2. The van der Waals surface area contributed by atoms with Gasteiger partial charge in [-0.3, -0.25) is 33.7 Å². The third-order valence-electron chi connectivity index (χ3n) is 12.4. The minimum Gasteiger partial charge on any atom is -0.428 e. The summed E-state index contributed by atoms with van der Waals surface area (Å²) in [7, 11) is -6.51. The van der Waals surface area contributed by atoms with Crippen LogP contribution in [0.5, 0.6) is 11.5 Å². The zero-order chi connectivity index (χ0) is 55.1. The number of amides is 4. The lowest BCUT2D eigenvalue weighted by Crippen LogP contribution is -2.64. The minimum absolute atomic E-state index is 0.0509. The molecule has 6 aliphatic rings. The number of benzene rings is 2. The van der Waals surface area contributed by atoms with Crippen LogP contribution in [0.3, 0.4) is 0 Å². The zero-order valence-corrected chi connectivity index (χ0v) is 46.5. The Morgan fingerprint density at radius 3 is 1.64 bits per heavy atom. The molecule has 3 N–H and O–H groups in total. The molecule has 4 fully saturated rings. The number of thioether (sulfide) groups is 1. The monoisotopic (exact) mass is 1120 g/mol. The van der Waals surface area contributed by atoms with Crippen molar-refractivity contribution >= 4 is 88.0 Å². The fraction of sp³-hybridized carbons (Fsp3) is 0.510. The Kier molecular flexibility index (Phi) is 19.4. The maximum atomic E-state index is 14.2. The Morgan fingerprint density at radius 2 is 1.20 bits per heavy atom. The van der Waals surface area contributed by atoms with E-state index < -0.39 is 89.6 Å². The maximum Gasteiger partial charge on any atom is 0.646 e. The highest BCUT2D eigenvalue weighted by Gasteiger charge is 2.63. The molecule has 6 heterocycles. The largest absolute Gasteiger partial charge is 0.646 e. The van der Waals surface area contributed by atoms with Crippen LogP contribution in [0.2, 0.25) is 19.6 Å². The number of esters is 4. The molecule has 0 radical (unpaired) electrons. The molecular weight excluding hydrogens is 1060 g/mol. The van der Waals surface area contributed by atoms with E-state index in [-0.39, 0.29) is 74.7 Å². The number of phosphoric acid groups is 1. The van der Waals surface area contributed by atoms with E-state index in [1.165, 1.54) is 28.5 Å². The van der Waals surface area contributed by atoms with E-state index in [1.54, 1.807) is 74.5 Å². The zero-order valence-electron chi connectivity index (χ0n) is 42.9. The van der Waals surface area contributed by atoms with Gasteiger partial charge in [-0.2, -0.15) is 17.2 Å². The van der Waals surface area contributed by atoms with Gasteiger partial charge in [0.25, 0.3) is 0 Å². The van der Waals surface area contributed by atoms with E-state index in [1.807, 2.05) is 33.5 Å². The number of para-hydroxylation sites is 2. The highest BCUT2D eigenvalue weighted by Crippen LogP contribution is 2.57. The van der Waals surface area contributed by atoms with Gasteiger partial charge in [0.1, 0.15) is 23.0 Å². The SMILES string of the molecule is CC(=O)OCOC(=O)C1=C(OP(=O)(Oc2ccccc2)Oc2ccccc2)[C@H](C)[C@@H]2[C@@H]([C@@H](C)O[Si](C)(C)C)C(=O)N12.CC(=O)OCOC(=O)C1=C(SC2CNC(=O)C2)[C@H](C)[C@@H]2[C@@H]([C@@H](C)O)C(=O)N12.O=C1C[C@@H](S)CN1. The number of thiol groups is 1. The number of hydrogen-bond acceptors (Lipinski definition) is 20. The summed E-state index contributed by atoms with van der Waals surface area (Å²) in [5.41, 5.74) is -0.143. The van der Waals surface area contributed by atoms with Crippen LogP contribution in [0, 0.1) is 23.7 Å². The van der Waals surface area contributed by atoms with Crippen LogP contribution in [-0.2, 0) is 70.8 Å². The van der Waals surface area contributed by atoms with Crippen LogP contribution in [0.15, 0.2) is 82.7 Å². The Morgan fingerprint density at radius 1 is 0.720 bits per heavy atom. The number of β-lactam (4-membered cyclic amide) rings is 2. The van der Waals surface area contributed by atoms with Gasteiger partial charge in [-0.25, -0.2) is 9.59 Å². The molecule has 6 aliphatic heterocycles. The number of carbonyl (C=O) groups excluding carboxylic acids is 8. The van der Waals surface area contributed by atoms with Gasteiger partial charge < -0.3 is 57.6 Å². The molecule has 4 saturated heterocycles. The predicted molar refractivity (Wildman–Crippen MR) is 274 cm³/mol. The van der Waals surface area contributed by atoms with Gasteiger partial charge in [0, 0.05) is 67.0 Å². The molecule has 0 aliphatic carbocycles. The van der Waals surface area contributed by atoms with Crippen molar-refractivity contribution in [2.24, 2.45) is 23.7 Å². The molecular formula is C49H63N4O18PS2Si. The lowest BCUT2D eigenvalue weighted by Gasteiger charge is -2.48. The predicted octanol–water partition coefficient (Wildman–Crippen LogP) is 4.81. The molecule has 2 aromatic carbocycles. The Hall–Kier alpha value is -5.85. The molecule has 26 heteroatoms. The van der Waals surface area contributed by atoms with Gasteiger partial charge in [-0.05, 0) is 57.8 Å². The first-order valence-electron chi connectivity index (χ1n) is 24.1. The fourth-order valence-corrected chi connectivity index (χ4v) is 13.5. The molecule has 0 spiro atoms. The smallest absolute Gasteiger partial charge is 0.428 e. The molecule has 408 valence electrons. The highest BCUT2D eigenvalue weighted by atomic mass is 32.2. The molecule has 1 unspecified atom stereocenters. The van der Waals surface area contributed by atoms with Gasteiger partial charge in [0.2, 0.25) is 37.2 Å². The molecule has 2 aromatic rings. The molecule has 0 aromatic heterocycles. The number of carbonyl (C=O) groups is 8. The van der Waals surface area contributed by atoms with Crippen molar-refractivity contribution in [2.45, 2.75) is 109 Å². The topological polar surface area (TPSA) is 278 Å².